The Bertz CT molecular complexity index is 503. The SMILES string of the molecule is CCN(CCCNCc1cccc(OC)c1)S(C)(=O)=O. The summed E-state index contributed by atoms with van der Waals surface area (Å²) in [6.07, 6.45) is 2.05. The first-order valence-electron chi connectivity index (χ1n) is 6.76. The normalized spacial score (nSPS) is 11.8. The third-order valence-corrected chi connectivity index (χ3v) is 4.42. The second-order valence-corrected chi connectivity index (χ2v) is 6.62. The number of ether oxygens (including phenoxy) is 1. The molecule has 0 heterocycles. The van der Waals surface area contributed by atoms with Crippen molar-refractivity contribution < 1.29 is 13.2 Å². The van der Waals surface area contributed by atoms with E-state index in [-0.39, 0.29) is 0 Å². The van der Waals surface area contributed by atoms with Crippen molar-refractivity contribution in [3.05, 3.63) is 29.8 Å². The summed E-state index contributed by atoms with van der Waals surface area (Å²) in [6, 6.07) is 7.89. The van der Waals surface area contributed by atoms with Crippen LogP contribution >= 0.6 is 0 Å². The largest absolute Gasteiger partial charge is 0.497 e. The van der Waals surface area contributed by atoms with Gasteiger partial charge in [0, 0.05) is 19.6 Å². The van der Waals surface area contributed by atoms with E-state index in [0.717, 1.165) is 30.8 Å². The highest BCUT2D eigenvalue weighted by molar-refractivity contribution is 7.88. The van der Waals surface area contributed by atoms with E-state index in [2.05, 4.69) is 5.32 Å². The number of sulfonamides is 1. The van der Waals surface area contributed by atoms with Gasteiger partial charge >= 0.3 is 0 Å². The number of hydrogen-bond donors (Lipinski definition) is 1. The van der Waals surface area contributed by atoms with E-state index < -0.39 is 10.0 Å². The van der Waals surface area contributed by atoms with Gasteiger partial charge in [-0.2, -0.15) is 0 Å². The molecule has 1 rings (SSSR count). The second-order valence-electron chi connectivity index (χ2n) is 4.64. The van der Waals surface area contributed by atoms with Gasteiger partial charge in [0.1, 0.15) is 5.75 Å². The molecule has 20 heavy (non-hydrogen) atoms. The minimum absolute atomic E-state index is 0.523. The van der Waals surface area contributed by atoms with Crippen molar-refractivity contribution >= 4 is 10.0 Å². The molecule has 0 saturated heterocycles. The van der Waals surface area contributed by atoms with E-state index in [1.54, 1.807) is 7.11 Å². The molecule has 0 unspecified atom stereocenters. The van der Waals surface area contributed by atoms with Crippen molar-refractivity contribution in [3.8, 4) is 5.75 Å². The molecule has 0 aliphatic carbocycles. The molecule has 0 atom stereocenters. The van der Waals surface area contributed by atoms with Gasteiger partial charge < -0.3 is 10.1 Å². The van der Waals surface area contributed by atoms with Gasteiger partial charge in [-0.05, 0) is 30.7 Å². The van der Waals surface area contributed by atoms with Gasteiger partial charge in [-0.1, -0.05) is 19.1 Å². The summed E-state index contributed by atoms with van der Waals surface area (Å²) in [4.78, 5) is 0. The fourth-order valence-electron chi connectivity index (χ4n) is 1.95. The van der Waals surface area contributed by atoms with Crippen molar-refractivity contribution in [2.75, 3.05) is 33.0 Å². The molecule has 0 aliphatic heterocycles. The van der Waals surface area contributed by atoms with Crippen LogP contribution < -0.4 is 10.1 Å². The van der Waals surface area contributed by atoms with Crippen molar-refractivity contribution in [2.45, 2.75) is 19.9 Å². The first-order chi connectivity index (χ1) is 9.47. The third-order valence-electron chi connectivity index (χ3n) is 3.05. The Morgan fingerprint density at radius 3 is 2.70 bits per heavy atom. The molecule has 0 bridgehead atoms. The summed E-state index contributed by atoms with van der Waals surface area (Å²) >= 11 is 0. The Morgan fingerprint density at radius 2 is 2.10 bits per heavy atom. The summed E-state index contributed by atoms with van der Waals surface area (Å²) in [5.41, 5.74) is 1.15. The number of nitrogens with one attached hydrogen (secondary N) is 1. The van der Waals surface area contributed by atoms with Gasteiger partial charge in [-0.25, -0.2) is 12.7 Å². The Labute approximate surface area is 122 Å². The van der Waals surface area contributed by atoms with Crippen molar-refractivity contribution in [1.29, 1.82) is 0 Å². The summed E-state index contributed by atoms with van der Waals surface area (Å²) in [7, 11) is -1.42. The summed E-state index contributed by atoms with van der Waals surface area (Å²) < 4.78 is 29.5. The molecule has 0 amide bonds. The van der Waals surface area contributed by atoms with Crippen LogP contribution in [0.1, 0.15) is 18.9 Å². The molecule has 114 valence electrons. The quantitative estimate of drug-likeness (QED) is 0.701. The fourth-order valence-corrected chi connectivity index (χ4v) is 2.88. The van der Waals surface area contributed by atoms with Crippen LogP contribution in [0.3, 0.4) is 0 Å². The molecular weight excluding hydrogens is 276 g/mol. The maximum Gasteiger partial charge on any atom is 0.211 e. The number of hydrogen-bond acceptors (Lipinski definition) is 4. The number of methoxy groups -OCH3 is 1. The molecule has 1 N–H and O–H groups in total. The number of rotatable bonds is 9. The second kappa shape index (κ2) is 8.24. The van der Waals surface area contributed by atoms with E-state index in [4.69, 9.17) is 4.74 Å². The zero-order valence-corrected chi connectivity index (χ0v) is 13.2. The minimum atomic E-state index is -3.07. The molecule has 0 aliphatic rings. The van der Waals surface area contributed by atoms with Crippen molar-refractivity contribution in [3.63, 3.8) is 0 Å². The smallest absolute Gasteiger partial charge is 0.211 e. The Morgan fingerprint density at radius 1 is 1.35 bits per heavy atom. The zero-order valence-electron chi connectivity index (χ0n) is 12.4. The fraction of sp³-hybridized carbons (Fsp3) is 0.571. The maximum atomic E-state index is 11.4. The van der Waals surface area contributed by atoms with Crippen molar-refractivity contribution in [2.24, 2.45) is 0 Å². The molecule has 6 heteroatoms. The van der Waals surface area contributed by atoms with Crippen LogP contribution in [-0.4, -0.2) is 45.7 Å². The van der Waals surface area contributed by atoms with E-state index in [9.17, 15) is 8.42 Å². The van der Waals surface area contributed by atoms with E-state index in [1.807, 2.05) is 31.2 Å². The van der Waals surface area contributed by atoms with Gasteiger partial charge in [-0.15, -0.1) is 0 Å². The van der Waals surface area contributed by atoms with Crippen LogP contribution in [0, 0.1) is 0 Å². The number of benzene rings is 1. The topological polar surface area (TPSA) is 58.6 Å². The van der Waals surface area contributed by atoms with E-state index >= 15 is 0 Å². The molecule has 1 aromatic rings. The van der Waals surface area contributed by atoms with Gasteiger partial charge in [-0.3, -0.25) is 0 Å². The Balaban J connectivity index is 2.28. The lowest BCUT2D eigenvalue weighted by Gasteiger charge is -2.17. The molecule has 0 radical (unpaired) electrons. The van der Waals surface area contributed by atoms with Crippen LogP contribution in [0.15, 0.2) is 24.3 Å². The van der Waals surface area contributed by atoms with E-state index in [0.29, 0.717) is 13.1 Å². The average molecular weight is 300 g/mol. The van der Waals surface area contributed by atoms with Crippen LogP contribution in [0.4, 0.5) is 0 Å². The minimum Gasteiger partial charge on any atom is -0.497 e. The van der Waals surface area contributed by atoms with Gasteiger partial charge in [0.2, 0.25) is 10.0 Å². The first kappa shape index (κ1) is 16.9. The third kappa shape index (κ3) is 5.90. The highest BCUT2D eigenvalue weighted by Crippen LogP contribution is 2.12. The zero-order chi connectivity index (χ0) is 15.0. The predicted octanol–water partition coefficient (Wildman–Crippen LogP) is 1.46. The van der Waals surface area contributed by atoms with Crippen molar-refractivity contribution in [1.82, 2.24) is 9.62 Å². The summed E-state index contributed by atoms with van der Waals surface area (Å²) in [6.45, 7) is 4.46. The number of nitrogens with zero attached hydrogens (tertiary/aromatic N) is 1. The Kier molecular flexibility index (Phi) is 6.98. The standard InChI is InChI=1S/C14H24N2O3S/c1-4-16(20(3,17)18)10-6-9-15-12-13-7-5-8-14(11-13)19-2/h5,7-8,11,15H,4,6,9-10,12H2,1-3H3. The van der Waals surface area contributed by atoms with Crippen LogP contribution in [0.2, 0.25) is 0 Å². The van der Waals surface area contributed by atoms with Gasteiger partial charge in [0.15, 0.2) is 0 Å². The lowest BCUT2D eigenvalue weighted by molar-refractivity contribution is 0.413. The molecular formula is C14H24N2O3S. The highest BCUT2D eigenvalue weighted by Gasteiger charge is 2.12. The molecule has 1 aromatic carbocycles. The lowest BCUT2D eigenvalue weighted by atomic mass is 10.2. The summed E-state index contributed by atoms with van der Waals surface area (Å²) in [5, 5.41) is 3.31. The molecule has 5 nitrogen and oxygen atoms in total. The maximum absolute atomic E-state index is 11.4. The Hall–Kier alpha value is -1.11. The molecule has 0 fully saturated rings. The monoisotopic (exact) mass is 300 g/mol. The highest BCUT2D eigenvalue weighted by atomic mass is 32.2. The molecule has 0 spiro atoms. The predicted molar refractivity (Wildman–Crippen MR) is 81.4 cm³/mol. The van der Waals surface area contributed by atoms with Gasteiger partial charge in [0.25, 0.3) is 0 Å². The molecule has 0 aromatic heterocycles. The van der Waals surface area contributed by atoms with Gasteiger partial charge in [0.05, 0.1) is 13.4 Å². The van der Waals surface area contributed by atoms with E-state index in [1.165, 1.54) is 10.6 Å². The molecule has 0 saturated carbocycles. The lowest BCUT2D eigenvalue weighted by Crippen LogP contribution is -2.32. The first-order valence-corrected chi connectivity index (χ1v) is 8.61. The van der Waals surface area contributed by atoms with Crippen LogP contribution in [-0.2, 0) is 16.6 Å². The van der Waals surface area contributed by atoms with Crippen LogP contribution in [0.25, 0.3) is 0 Å². The van der Waals surface area contributed by atoms with Crippen LogP contribution in [0.5, 0.6) is 5.75 Å². The summed E-state index contributed by atoms with van der Waals surface area (Å²) in [5.74, 6) is 0.846. The average Bonchev–Trinajstić information content (AvgIpc) is 2.41.